The van der Waals surface area contributed by atoms with Crippen LogP contribution in [0.25, 0.3) is 10.9 Å². The van der Waals surface area contributed by atoms with Crippen molar-refractivity contribution in [3.8, 4) is 0 Å². The van der Waals surface area contributed by atoms with Gasteiger partial charge in [0.25, 0.3) is 5.91 Å². The van der Waals surface area contributed by atoms with Gasteiger partial charge in [0.2, 0.25) is 0 Å². The number of para-hydroxylation sites is 1. The number of carbonyl (C=O) groups is 1. The predicted molar refractivity (Wildman–Crippen MR) is 123 cm³/mol. The highest BCUT2D eigenvalue weighted by Gasteiger charge is 2.39. The summed E-state index contributed by atoms with van der Waals surface area (Å²) in [6, 6.07) is 8.15. The zero-order valence-corrected chi connectivity index (χ0v) is 19.3. The van der Waals surface area contributed by atoms with Crippen molar-refractivity contribution in [2.45, 2.75) is 31.2 Å². The van der Waals surface area contributed by atoms with Crippen LogP contribution in [-0.2, 0) is 18.8 Å². The average molecular weight is 512 g/mol. The van der Waals surface area contributed by atoms with E-state index in [4.69, 9.17) is 5.73 Å². The first-order valence-electron chi connectivity index (χ1n) is 11.5. The third-order valence-corrected chi connectivity index (χ3v) is 6.47. The van der Waals surface area contributed by atoms with Gasteiger partial charge < -0.3 is 15.6 Å². The van der Waals surface area contributed by atoms with Gasteiger partial charge in [0.15, 0.2) is 0 Å². The summed E-state index contributed by atoms with van der Waals surface area (Å²) in [5.74, 6) is -0.852. The third kappa shape index (κ3) is 5.67. The number of piperazine rings is 1. The Labute approximate surface area is 203 Å². The minimum Gasteiger partial charge on any atom is -0.361 e. The molecule has 36 heavy (non-hydrogen) atoms. The van der Waals surface area contributed by atoms with Crippen molar-refractivity contribution in [2.75, 3.05) is 32.7 Å². The van der Waals surface area contributed by atoms with Crippen LogP contribution < -0.4 is 5.73 Å². The number of halogens is 6. The van der Waals surface area contributed by atoms with Crippen molar-refractivity contribution in [3.05, 3.63) is 70.9 Å². The quantitative estimate of drug-likeness (QED) is 0.461. The van der Waals surface area contributed by atoms with E-state index in [1.165, 1.54) is 4.90 Å². The Kier molecular flexibility index (Phi) is 7.33. The molecular formula is C25H26F6N4O. The number of hydrogen-bond donors (Lipinski definition) is 2. The molecule has 5 nitrogen and oxygen atoms in total. The van der Waals surface area contributed by atoms with E-state index in [1.807, 2.05) is 30.5 Å². The minimum atomic E-state index is -5.03. The van der Waals surface area contributed by atoms with Crippen molar-refractivity contribution in [2.24, 2.45) is 5.73 Å². The summed E-state index contributed by atoms with van der Waals surface area (Å²) in [6.07, 6.45) is -7.12. The average Bonchev–Trinajstić information content (AvgIpc) is 3.24. The van der Waals surface area contributed by atoms with E-state index >= 15 is 0 Å². The number of benzene rings is 2. The maximum absolute atomic E-state index is 13.4. The van der Waals surface area contributed by atoms with Crippen LogP contribution in [0.5, 0.6) is 0 Å². The number of alkyl halides is 6. The Hall–Kier alpha value is -3.05. The first kappa shape index (κ1) is 26.0. The summed E-state index contributed by atoms with van der Waals surface area (Å²) < 4.78 is 80.3. The van der Waals surface area contributed by atoms with Crippen LogP contribution in [0.4, 0.5) is 26.3 Å². The molecular weight excluding hydrogens is 486 g/mol. The summed E-state index contributed by atoms with van der Waals surface area (Å²) in [6.45, 7) is 2.22. The van der Waals surface area contributed by atoms with E-state index in [0.717, 1.165) is 22.9 Å². The van der Waals surface area contributed by atoms with Gasteiger partial charge in [0.05, 0.1) is 11.1 Å². The lowest BCUT2D eigenvalue weighted by Crippen LogP contribution is -2.56. The number of nitrogens with one attached hydrogen (secondary N) is 1. The van der Waals surface area contributed by atoms with Gasteiger partial charge in [-0.25, -0.2) is 0 Å². The summed E-state index contributed by atoms with van der Waals surface area (Å²) in [7, 11) is 0. The summed E-state index contributed by atoms with van der Waals surface area (Å²) >= 11 is 0. The lowest BCUT2D eigenvalue weighted by atomic mass is 9.98. The number of rotatable bonds is 6. The fourth-order valence-corrected chi connectivity index (χ4v) is 4.68. The fraction of sp³-hybridized carbons (Fsp3) is 0.400. The Balaban J connectivity index is 1.68. The fourth-order valence-electron chi connectivity index (χ4n) is 4.68. The van der Waals surface area contributed by atoms with E-state index in [1.54, 1.807) is 0 Å². The standard InChI is InChI=1S/C25H26F6N4O/c26-24(27,28)18-10-16(11-19(13-18)25(29,30)31)23(36)35-9-8-34(7-3-6-32)15-20(35)12-17-14-33-22-5-2-1-4-21(17)22/h1-2,4-5,10-11,13-14,20,33H,3,6-9,12,15,32H2/t20-/m1/s1. The molecule has 0 radical (unpaired) electrons. The molecule has 1 aliphatic heterocycles. The molecule has 1 aliphatic rings. The van der Waals surface area contributed by atoms with Crippen LogP contribution in [0.2, 0.25) is 0 Å². The maximum Gasteiger partial charge on any atom is 0.416 e. The van der Waals surface area contributed by atoms with E-state index in [0.29, 0.717) is 44.7 Å². The highest BCUT2D eigenvalue weighted by molar-refractivity contribution is 5.95. The van der Waals surface area contributed by atoms with Crippen molar-refractivity contribution < 1.29 is 31.1 Å². The number of fused-ring (bicyclic) bond motifs is 1. The van der Waals surface area contributed by atoms with Crippen LogP contribution >= 0.6 is 0 Å². The number of nitrogens with two attached hydrogens (primary N) is 1. The molecule has 0 bridgehead atoms. The van der Waals surface area contributed by atoms with E-state index in [9.17, 15) is 31.1 Å². The normalized spacial score (nSPS) is 17.6. The number of nitrogens with zero attached hydrogens (tertiary/aromatic N) is 2. The Morgan fingerprint density at radius 1 is 1.00 bits per heavy atom. The second-order valence-electron chi connectivity index (χ2n) is 8.95. The minimum absolute atomic E-state index is 0.0327. The molecule has 3 N–H and O–H groups in total. The van der Waals surface area contributed by atoms with Crippen LogP contribution in [-0.4, -0.2) is 59.5 Å². The maximum atomic E-state index is 13.4. The second-order valence-corrected chi connectivity index (χ2v) is 8.95. The molecule has 2 heterocycles. The SMILES string of the molecule is NCCCN1CCN(C(=O)c2cc(C(F)(F)F)cc(C(F)(F)F)c2)[C@H](Cc2c[nH]c3ccccc23)C1. The summed E-state index contributed by atoms with van der Waals surface area (Å²) in [5.41, 5.74) is 3.79. The highest BCUT2D eigenvalue weighted by atomic mass is 19.4. The van der Waals surface area contributed by atoms with Gasteiger partial charge in [-0.05, 0) is 55.8 Å². The van der Waals surface area contributed by atoms with Gasteiger partial charge in [0.1, 0.15) is 0 Å². The van der Waals surface area contributed by atoms with Gasteiger partial charge in [-0.2, -0.15) is 26.3 Å². The first-order chi connectivity index (χ1) is 17.0. The molecule has 1 aromatic heterocycles. The molecule has 1 saturated heterocycles. The molecule has 0 spiro atoms. The zero-order chi connectivity index (χ0) is 26.1. The van der Waals surface area contributed by atoms with E-state index < -0.39 is 41.0 Å². The molecule has 0 aliphatic carbocycles. The molecule has 4 rings (SSSR count). The molecule has 3 aromatic rings. The number of carbonyl (C=O) groups excluding carboxylic acids is 1. The molecule has 0 saturated carbocycles. The van der Waals surface area contributed by atoms with Crippen LogP contribution in [0.1, 0.15) is 33.5 Å². The molecule has 11 heteroatoms. The number of amides is 1. The molecule has 0 unspecified atom stereocenters. The third-order valence-electron chi connectivity index (χ3n) is 6.47. The Bertz CT molecular complexity index is 1190. The van der Waals surface area contributed by atoms with Crippen molar-refractivity contribution in [3.63, 3.8) is 0 Å². The summed E-state index contributed by atoms with van der Waals surface area (Å²) in [4.78, 5) is 20.1. The number of aromatic amines is 1. The zero-order valence-electron chi connectivity index (χ0n) is 19.3. The van der Waals surface area contributed by atoms with Crippen LogP contribution in [0.15, 0.2) is 48.7 Å². The molecule has 1 fully saturated rings. The van der Waals surface area contributed by atoms with Gasteiger partial charge in [-0.1, -0.05) is 18.2 Å². The van der Waals surface area contributed by atoms with Crippen molar-refractivity contribution >= 4 is 16.8 Å². The number of hydrogen-bond acceptors (Lipinski definition) is 3. The molecule has 1 atom stereocenters. The monoisotopic (exact) mass is 512 g/mol. The predicted octanol–water partition coefficient (Wildman–Crippen LogP) is 4.92. The largest absolute Gasteiger partial charge is 0.416 e. The van der Waals surface area contributed by atoms with Gasteiger partial charge in [-0.15, -0.1) is 0 Å². The molecule has 194 valence electrons. The van der Waals surface area contributed by atoms with Crippen LogP contribution in [0, 0.1) is 0 Å². The lowest BCUT2D eigenvalue weighted by Gasteiger charge is -2.42. The second kappa shape index (κ2) is 10.1. The topological polar surface area (TPSA) is 65.4 Å². The van der Waals surface area contributed by atoms with Gasteiger partial charge in [-0.3, -0.25) is 9.69 Å². The number of H-pyrrole nitrogens is 1. The Morgan fingerprint density at radius 2 is 1.67 bits per heavy atom. The molecule has 1 amide bonds. The van der Waals surface area contributed by atoms with Gasteiger partial charge in [0, 0.05) is 48.3 Å². The smallest absolute Gasteiger partial charge is 0.361 e. The first-order valence-corrected chi connectivity index (χ1v) is 11.5. The number of aromatic nitrogens is 1. The highest BCUT2D eigenvalue weighted by Crippen LogP contribution is 2.37. The van der Waals surface area contributed by atoms with Gasteiger partial charge >= 0.3 is 12.4 Å². The van der Waals surface area contributed by atoms with E-state index in [-0.39, 0.29) is 12.6 Å². The lowest BCUT2D eigenvalue weighted by molar-refractivity contribution is -0.143. The Morgan fingerprint density at radius 3 is 2.31 bits per heavy atom. The summed E-state index contributed by atoms with van der Waals surface area (Å²) in [5, 5.41) is 0.947. The van der Waals surface area contributed by atoms with Crippen molar-refractivity contribution in [1.82, 2.24) is 14.8 Å². The van der Waals surface area contributed by atoms with Crippen molar-refractivity contribution in [1.29, 1.82) is 0 Å². The van der Waals surface area contributed by atoms with Crippen LogP contribution in [0.3, 0.4) is 0 Å². The molecule has 2 aromatic carbocycles. The van der Waals surface area contributed by atoms with E-state index in [2.05, 4.69) is 9.88 Å².